The molecule has 0 radical (unpaired) electrons. The van der Waals surface area contributed by atoms with Crippen molar-refractivity contribution in [1.29, 1.82) is 0 Å². The highest BCUT2D eigenvalue weighted by Gasteiger charge is 2.21. The highest BCUT2D eigenvalue weighted by Crippen LogP contribution is 2.28. The minimum absolute atomic E-state index is 0.173. The van der Waals surface area contributed by atoms with Crippen LogP contribution in [-0.2, 0) is 6.42 Å². The zero-order valence-corrected chi connectivity index (χ0v) is 22.5. The number of hydrogen-bond acceptors (Lipinski definition) is 2. The third-order valence-electron chi connectivity index (χ3n) is 6.66. The fourth-order valence-electron chi connectivity index (χ4n) is 4.93. The van der Waals surface area contributed by atoms with Crippen LogP contribution in [0.25, 0.3) is 11.1 Å². The fraction of sp³-hybridized carbons (Fsp3) is 0.265. The van der Waals surface area contributed by atoms with Crippen LogP contribution in [0.1, 0.15) is 37.4 Å². The maximum atomic E-state index is 12.8. The number of nitrogens with one attached hydrogen (secondary N) is 2. The predicted molar refractivity (Wildman–Crippen MR) is 159 cm³/mol. The van der Waals surface area contributed by atoms with Gasteiger partial charge in [-0.2, -0.15) is 0 Å². The topological polar surface area (TPSA) is 44.4 Å². The number of rotatable bonds is 12. The Morgan fingerprint density at radius 1 is 0.763 bits per heavy atom. The lowest BCUT2D eigenvalue weighted by molar-refractivity contribution is 0.172. The van der Waals surface area contributed by atoms with E-state index in [1.165, 1.54) is 11.1 Å². The van der Waals surface area contributed by atoms with Crippen molar-refractivity contribution >= 4 is 11.7 Å². The lowest BCUT2D eigenvalue weighted by Gasteiger charge is -2.34. The van der Waals surface area contributed by atoms with Crippen molar-refractivity contribution < 1.29 is 4.79 Å². The summed E-state index contributed by atoms with van der Waals surface area (Å²) < 4.78 is 0. The third kappa shape index (κ3) is 8.06. The number of carbonyl (C=O) groups excluding carboxylic acids is 1. The van der Waals surface area contributed by atoms with Gasteiger partial charge in [-0.25, -0.2) is 4.79 Å². The summed E-state index contributed by atoms with van der Waals surface area (Å²) in [5.74, 6) is 0.544. The van der Waals surface area contributed by atoms with Crippen LogP contribution in [0.3, 0.4) is 0 Å². The lowest BCUT2D eigenvalue weighted by Crippen LogP contribution is -2.37. The molecule has 0 heterocycles. The minimum atomic E-state index is -0.173. The lowest BCUT2D eigenvalue weighted by atomic mass is 9.96. The maximum Gasteiger partial charge on any atom is 0.319 e. The first-order valence-electron chi connectivity index (χ1n) is 13.6. The molecule has 0 spiro atoms. The summed E-state index contributed by atoms with van der Waals surface area (Å²) in [7, 11) is 0. The van der Waals surface area contributed by atoms with Crippen LogP contribution in [0.4, 0.5) is 10.5 Å². The highest BCUT2D eigenvalue weighted by molar-refractivity contribution is 5.94. The van der Waals surface area contributed by atoms with Gasteiger partial charge in [0.2, 0.25) is 0 Å². The van der Waals surface area contributed by atoms with E-state index in [1.54, 1.807) is 0 Å². The monoisotopic (exact) mass is 505 g/mol. The van der Waals surface area contributed by atoms with Crippen molar-refractivity contribution in [3.8, 4) is 11.1 Å². The van der Waals surface area contributed by atoms with Gasteiger partial charge in [0.15, 0.2) is 0 Å². The number of para-hydroxylation sites is 1. The van der Waals surface area contributed by atoms with Gasteiger partial charge in [0, 0.05) is 31.2 Å². The molecular weight excluding hydrogens is 466 g/mol. The molecule has 4 nitrogen and oxygen atoms in total. The molecule has 4 aromatic carbocycles. The molecule has 0 aliphatic heterocycles. The van der Waals surface area contributed by atoms with Gasteiger partial charge in [0.05, 0.1) is 5.69 Å². The van der Waals surface area contributed by atoms with Crippen molar-refractivity contribution in [3.63, 3.8) is 0 Å². The summed E-state index contributed by atoms with van der Waals surface area (Å²) in [6, 6.07) is 39.7. The van der Waals surface area contributed by atoms with Crippen LogP contribution >= 0.6 is 0 Å². The number of nitrogens with zero attached hydrogens (tertiary/aromatic N) is 1. The molecule has 0 aliphatic carbocycles. The second-order valence-electron chi connectivity index (χ2n) is 10.2. The van der Waals surface area contributed by atoms with Crippen molar-refractivity contribution in [2.45, 2.75) is 32.7 Å². The number of urea groups is 1. The molecule has 4 heteroatoms. The van der Waals surface area contributed by atoms with Crippen LogP contribution in [0.15, 0.2) is 115 Å². The molecule has 38 heavy (non-hydrogen) atoms. The number of anilines is 1. The second-order valence-corrected chi connectivity index (χ2v) is 10.2. The van der Waals surface area contributed by atoms with E-state index in [4.69, 9.17) is 0 Å². The molecule has 4 rings (SSSR count). The third-order valence-corrected chi connectivity index (χ3v) is 6.66. The standard InChI is InChI=1S/C34H39N3O/c1-27(2)26-37(33(30-19-10-5-11-20-30)25-28-15-6-3-7-16-28)24-14-23-35-34(38)36-32-22-13-12-21-31(32)29-17-8-4-9-18-29/h3-13,15-22,27,33H,14,23-26H2,1-2H3,(H2,35,36,38). The highest BCUT2D eigenvalue weighted by atomic mass is 16.2. The second kappa shape index (κ2) is 14.2. The van der Waals surface area contributed by atoms with Gasteiger partial charge < -0.3 is 10.6 Å². The number of hydrogen-bond donors (Lipinski definition) is 2. The molecule has 2 N–H and O–H groups in total. The predicted octanol–water partition coefficient (Wildman–Crippen LogP) is 7.81. The van der Waals surface area contributed by atoms with Crippen molar-refractivity contribution in [2.75, 3.05) is 25.0 Å². The average Bonchev–Trinajstić information content (AvgIpc) is 2.95. The molecule has 0 saturated carbocycles. The molecule has 0 bridgehead atoms. The summed E-state index contributed by atoms with van der Waals surface area (Å²) in [6.07, 6.45) is 1.83. The Morgan fingerprint density at radius 2 is 1.37 bits per heavy atom. The molecule has 1 unspecified atom stereocenters. The SMILES string of the molecule is CC(C)CN(CCCNC(=O)Nc1ccccc1-c1ccccc1)C(Cc1ccccc1)c1ccccc1. The number of carbonyl (C=O) groups is 1. The molecule has 2 amide bonds. The molecule has 0 saturated heterocycles. The first kappa shape index (κ1) is 27.2. The number of benzene rings is 4. The average molecular weight is 506 g/mol. The first-order valence-corrected chi connectivity index (χ1v) is 13.6. The normalized spacial score (nSPS) is 11.9. The largest absolute Gasteiger partial charge is 0.338 e. The van der Waals surface area contributed by atoms with Gasteiger partial charge >= 0.3 is 6.03 Å². The van der Waals surface area contributed by atoms with Gasteiger partial charge in [-0.05, 0) is 41.5 Å². The van der Waals surface area contributed by atoms with Crippen LogP contribution < -0.4 is 10.6 Å². The summed E-state index contributed by atoms with van der Waals surface area (Å²) in [4.78, 5) is 15.4. The van der Waals surface area contributed by atoms with E-state index >= 15 is 0 Å². The van der Waals surface area contributed by atoms with E-state index in [0.29, 0.717) is 12.5 Å². The Bertz CT molecular complexity index is 1240. The smallest absolute Gasteiger partial charge is 0.319 e. The number of amides is 2. The van der Waals surface area contributed by atoms with Crippen LogP contribution in [0, 0.1) is 5.92 Å². The van der Waals surface area contributed by atoms with E-state index in [-0.39, 0.29) is 12.1 Å². The maximum absolute atomic E-state index is 12.8. The van der Waals surface area contributed by atoms with E-state index in [9.17, 15) is 4.79 Å². The summed E-state index contributed by atoms with van der Waals surface area (Å²) in [5.41, 5.74) is 5.57. The minimum Gasteiger partial charge on any atom is -0.338 e. The van der Waals surface area contributed by atoms with Crippen molar-refractivity contribution in [3.05, 3.63) is 126 Å². The van der Waals surface area contributed by atoms with Crippen molar-refractivity contribution in [1.82, 2.24) is 10.2 Å². The summed E-state index contributed by atoms with van der Waals surface area (Å²) in [5, 5.41) is 6.12. The van der Waals surface area contributed by atoms with E-state index in [0.717, 1.165) is 42.7 Å². The van der Waals surface area contributed by atoms with E-state index < -0.39 is 0 Å². The zero-order chi connectivity index (χ0) is 26.6. The Morgan fingerprint density at radius 3 is 2.05 bits per heavy atom. The zero-order valence-electron chi connectivity index (χ0n) is 22.5. The van der Waals surface area contributed by atoms with E-state index in [1.807, 2.05) is 42.5 Å². The van der Waals surface area contributed by atoms with Gasteiger partial charge in [0.1, 0.15) is 0 Å². The van der Waals surface area contributed by atoms with Gasteiger partial charge in [-0.3, -0.25) is 4.90 Å². The van der Waals surface area contributed by atoms with Gasteiger partial charge in [0.25, 0.3) is 0 Å². The summed E-state index contributed by atoms with van der Waals surface area (Å²) in [6.45, 7) is 7.07. The Labute approximate surface area is 227 Å². The Hall–Kier alpha value is -3.89. The van der Waals surface area contributed by atoms with Crippen LogP contribution in [-0.4, -0.2) is 30.6 Å². The van der Waals surface area contributed by atoms with Crippen molar-refractivity contribution in [2.24, 2.45) is 5.92 Å². The first-order chi connectivity index (χ1) is 18.6. The van der Waals surface area contributed by atoms with Crippen LogP contribution in [0.5, 0.6) is 0 Å². The van der Waals surface area contributed by atoms with Gasteiger partial charge in [-0.1, -0.05) is 123 Å². The molecule has 4 aromatic rings. The quantitative estimate of drug-likeness (QED) is 0.193. The molecule has 196 valence electrons. The molecular formula is C34H39N3O. The van der Waals surface area contributed by atoms with Crippen LogP contribution in [0.2, 0.25) is 0 Å². The van der Waals surface area contributed by atoms with Gasteiger partial charge in [-0.15, -0.1) is 0 Å². The van der Waals surface area contributed by atoms with E-state index in [2.05, 4.69) is 102 Å². The molecule has 0 fully saturated rings. The molecule has 0 aliphatic rings. The molecule has 0 aromatic heterocycles. The molecule has 1 atom stereocenters. The Kier molecular flexibility index (Phi) is 10.1. The summed E-state index contributed by atoms with van der Waals surface area (Å²) >= 11 is 0. The fourth-order valence-corrected chi connectivity index (χ4v) is 4.93. The Balaban J connectivity index is 1.38.